The molecular formula is C22H26N2O2. The van der Waals surface area contributed by atoms with Crippen molar-refractivity contribution in [3.05, 3.63) is 70.8 Å². The quantitative estimate of drug-likeness (QED) is 0.850. The van der Waals surface area contributed by atoms with Gasteiger partial charge in [0.2, 0.25) is 11.8 Å². The number of rotatable bonds is 4. The van der Waals surface area contributed by atoms with E-state index in [1.54, 1.807) is 4.90 Å². The first-order chi connectivity index (χ1) is 12.5. The minimum atomic E-state index is -0.412. The summed E-state index contributed by atoms with van der Waals surface area (Å²) >= 11 is 0. The van der Waals surface area contributed by atoms with Gasteiger partial charge in [-0.1, -0.05) is 54.1 Å². The Morgan fingerprint density at radius 2 is 1.81 bits per heavy atom. The van der Waals surface area contributed by atoms with Crippen molar-refractivity contribution in [3.8, 4) is 0 Å². The van der Waals surface area contributed by atoms with Crippen molar-refractivity contribution in [1.82, 2.24) is 9.80 Å². The fraction of sp³-hybridized carbons (Fsp3) is 0.364. The van der Waals surface area contributed by atoms with Gasteiger partial charge in [-0.15, -0.1) is 0 Å². The predicted molar refractivity (Wildman–Crippen MR) is 103 cm³/mol. The monoisotopic (exact) mass is 350 g/mol. The number of carbonyl (C=O) groups excluding carboxylic acids is 2. The molecule has 4 heteroatoms. The maximum atomic E-state index is 12.8. The van der Waals surface area contributed by atoms with Crippen LogP contribution in [-0.2, 0) is 22.6 Å². The molecule has 0 spiro atoms. The van der Waals surface area contributed by atoms with Crippen molar-refractivity contribution in [2.24, 2.45) is 0 Å². The maximum Gasteiger partial charge on any atom is 0.245 e. The van der Waals surface area contributed by atoms with Crippen LogP contribution in [0.2, 0.25) is 0 Å². The lowest BCUT2D eigenvalue weighted by Crippen LogP contribution is -2.57. The molecule has 2 amide bonds. The topological polar surface area (TPSA) is 40.6 Å². The Hall–Kier alpha value is -2.62. The van der Waals surface area contributed by atoms with Gasteiger partial charge >= 0.3 is 0 Å². The Balaban J connectivity index is 1.66. The number of hydrogen-bond donors (Lipinski definition) is 0. The highest BCUT2D eigenvalue weighted by Crippen LogP contribution is 2.18. The molecule has 0 aliphatic carbocycles. The first-order valence-corrected chi connectivity index (χ1v) is 9.14. The van der Waals surface area contributed by atoms with Crippen LogP contribution in [0.3, 0.4) is 0 Å². The normalized spacial score (nSPS) is 17.5. The highest BCUT2D eigenvalue weighted by molar-refractivity contribution is 5.89. The minimum absolute atomic E-state index is 0.0226. The van der Waals surface area contributed by atoms with Gasteiger partial charge in [-0.2, -0.15) is 0 Å². The van der Waals surface area contributed by atoms with Crippen molar-refractivity contribution >= 4 is 11.8 Å². The van der Waals surface area contributed by atoms with Gasteiger partial charge in [0.25, 0.3) is 0 Å². The van der Waals surface area contributed by atoms with Crippen LogP contribution >= 0.6 is 0 Å². The molecule has 2 aromatic rings. The molecule has 1 aliphatic rings. The van der Waals surface area contributed by atoms with E-state index in [0.29, 0.717) is 26.1 Å². The zero-order chi connectivity index (χ0) is 18.7. The molecule has 0 radical (unpaired) electrons. The van der Waals surface area contributed by atoms with Crippen molar-refractivity contribution in [1.29, 1.82) is 0 Å². The number of hydrogen-bond acceptors (Lipinski definition) is 2. The van der Waals surface area contributed by atoms with Gasteiger partial charge in [0.05, 0.1) is 6.42 Å². The first kappa shape index (κ1) is 18.2. The molecule has 136 valence electrons. The van der Waals surface area contributed by atoms with Crippen LogP contribution in [0.15, 0.2) is 48.5 Å². The van der Waals surface area contributed by atoms with Crippen LogP contribution in [-0.4, -0.2) is 40.7 Å². The Morgan fingerprint density at radius 3 is 2.54 bits per heavy atom. The van der Waals surface area contributed by atoms with Crippen molar-refractivity contribution < 1.29 is 9.59 Å². The van der Waals surface area contributed by atoms with Gasteiger partial charge in [0, 0.05) is 19.6 Å². The van der Waals surface area contributed by atoms with E-state index in [1.807, 2.05) is 62.1 Å². The number of carbonyl (C=O) groups is 2. The largest absolute Gasteiger partial charge is 0.335 e. The fourth-order valence-corrected chi connectivity index (χ4v) is 3.49. The Kier molecular flexibility index (Phi) is 5.40. The standard InChI is InChI=1S/C22H26N2O2/c1-16-9-10-17(2)20(13-16)14-21(25)24-12-11-23(22(26)18(24)3)15-19-7-5-4-6-8-19/h4-10,13,18H,11-12,14-15H2,1-3H3. The number of amides is 2. The summed E-state index contributed by atoms with van der Waals surface area (Å²) in [5.41, 5.74) is 4.42. The molecule has 0 saturated carbocycles. The first-order valence-electron chi connectivity index (χ1n) is 9.14. The van der Waals surface area contributed by atoms with Gasteiger partial charge < -0.3 is 9.80 Å². The molecule has 1 fully saturated rings. The molecule has 0 bridgehead atoms. The molecule has 1 unspecified atom stereocenters. The Morgan fingerprint density at radius 1 is 1.08 bits per heavy atom. The average molecular weight is 350 g/mol. The van der Waals surface area contributed by atoms with Crippen LogP contribution in [0.1, 0.15) is 29.2 Å². The summed E-state index contributed by atoms with van der Waals surface area (Å²) in [4.78, 5) is 29.1. The van der Waals surface area contributed by atoms with E-state index in [2.05, 4.69) is 12.1 Å². The van der Waals surface area contributed by atoms with Crippen LogP contribution in [0.4, 0.5) is 0 Å². The lowest BCUT2D eigenvalue weighted by Gasteiger charge is -2.39. The van der Waals surface area contributed by atoms with Gasteiger partial charge in [-0.3, -0.25) is 9.59 Å². The zero-order valence-electron chi connectivity index (χ0n) is 15.7. The summed E-state index contributed by atoms with van der Waals surface area (Å²) in [6.07, 6.45) is 0.351. The molecular weight excluding hydrogens is 324 g/mol. The molecule has 3 rings (SSSR count). The molecule has 2 aromatic carbocycles. The van der Waals surface area contributed by atoms with Gasteiger partial charge in [-0.05, 0) is 37.5 Å². The SMILES string of the molecule is Cc1ccc(C)c(CC(=O)N2CCN(Cc3ccccc3)C(=O)C2C)c1. The molecule has 1 heterocycles. The van der Waals surface area contributed by atoms with Crippen molar-refractivity contribution in [2.75, 3.05) is 13.1 Å². The smallest absolute Gasteiger partial charge is 0.245 e. The Bertz CT molecular complexity index is 801. The van der Waals surface area contributed by atoms with Gasteiger partial charge in [0.15, 0.2) is 0 Å². The van der Waals surface area contributed by atoms with E-state index >= 15 is 0 Å². The summed E-state index contributed by atoms with van der Waals surface area (Å²) in [6.45, 7) is 7.65. The van der Waals surface area contributed by atoms with E-state index in [1.165, 1.54) is 0 Å². The number of piperazine rings is 1. The van der Waals surface area contributed by atoms with E-state index in [9.17, 15) is 9.59 Å². The average Bonchev–Trinajstić information content (AvgIpc) is 2.63. The number of benzene rings is 2. The second kappa shape index (κ2) is 7.73. The van der Waals surface area contributed by atoms with E-state index in [-0.39, 0.29) is 11.8 Å². The molecule has 1 saturated heterocycles. The van der Waals surface area contributed by atoms with Crippen LogP contribution < -0.4 is 0 Å². The van der Waals surface area contributed by atoms with E-state index < -0.39 is 6.04 Å². The molecule has 4 nitrogen and oxygen atoms in total. The zero-order valence-corrected chi connectivity index (χ0v) is 15.7. The van der Waals surface area contributed by atoms with Crippen LogP contribution in [0.25, 0.3) is 0 Å². The molecule has 1 aliphatic heterocycles. The lowest BCUT2D eigenvalue weighted by molar-refractivity contribution is -0.150. The van der Waals surface area contributed by atoms with Crippen LogP contribution in [0, 0.1) is 13.8 Å². The van der Waals surface area contributed by atoms with Crippen molar-refractivity contribution in [3.63, 3.8) is 0 Å². The summed E-state index contributed by atoms with van der Waals surface area (Å²) in [7, 11) is 0. The summed E-state index contributed by atoms with van der Waals surface area (Å²) < 4.78 is 0. The third-order valence-corrected chi connectivity index (χ3v) is 5.13. The Labute approximate surface area is 155 Å². The van der Waals surface area contributed by atoms with E-state index in [0.717, 1.165) is 22.3 Å². The third-order valence-electron chi connectivity index (χ3n) is 5.13. The molecule has 26 heavy (non-hydrogen) atoms. The maximum absolute atomic E-state index is 12.8. The molecule has 1 atom stereocenters. The van der Waals surface area contributed by atoms with Gasteiger partial charge in [-0.25, -0.2) is 0 Å². The highest BCUT2D eigenvalue weighted by atomic mass is 16.2. The second-order valence-electron chi connectivity index (χ2n) is 7.12. The predicted octanol–water partition coefficient (Wildman–Crippen LogP) is 3.11. The third kappa shape index (κ3) is 3.96. The summed E-state index contributed by atoms with van der Waals surface area (Å²) in [6, 6.07) is 15.7. The minimum Gasteiger partial charge on any atom is -0.335 e. The fourth-order valence-electron chi connectivity index (χ4n) is 3.49. The number of nitrogens with zero attached hydrogens (tertiary/aromatic N) is 2. The highest BCUT2D eigenvalue weighted by Gasteiger charge is 2.34. The van der Waals surface area contributed by atoms with Crippen LogP contribution in [0.5, 0.6) is 0 Å². The van der Waals surface area contributed by atoms with Gasteiger partial charge in [0.1, 0.15) is 6.04 Å². The lowest BCUT2D eigenvalue weighted by atomic mass is 10.0. The summed E-state index contributed by atoms with van der Waals surface area (Å²) in [5.74, 6) is 0.0494. The molecule has 0 N–H and O–H groups in total. The van der Waals surface area contributed by atoms with E-state index in [4.69, 9.17) is 0 Å². The molecule has 0 aromatic heterocycles. The van der Waals surface area contributed by atoms with Crippen molar-refractivity contribution in [2.45, 2.75) is 39.8 Å². The summed E-state index contributed by atoms with van der Waals surface area (Å²) in [5, 5.41) is 0. The number of aryl methyl sites for hydroxylation is 2. The second-order valence-corrected chi connectivity index (χ2v) is 7.12.